The fourth-order valence-corrected chi connectivity index (χ4v) is 2.95. The van der Waals surface area contributed by atoms with Gasteiger partial charge in [0.05, 0.1) is 4.92 Å². The molecular formula is C18H25N3O3. The Bertz CT molecular complexity index is 576. The van der Waals surface area contributed by atoms with Crippen LogP contribution in [0, 0.1) is 16.0 Å². The number of piperidine rings is 1. The van der Waals surface area contributed by atoms with Gasteiger partial charge in [0.1, 0.15) is 0 Å². The number of amides is 1. The van der Waals surface area contributed by atoms with E-state index in [4.69, 9.17) is 5.73 Å². The highest BCUT2D eigenvalue weighted by atomic mass is 16.6. The number of hydrogen-bond acceptors (Lipinski definition) is 4. The number of nitro benzene ring substituents is 1. The number of unbranched alkanes of at least 4 members (excludes halogenated alkanes) is 1. The number of nitrogens with zero attached hydrogens (tertiary/aromatic N) is 2. The minimum absolute atomic E-state index is 0.0481. The van der Waals surface area contributed by atoms with Crippen molar-refractivity contribution in [2.24, 2.45) is 11.7 Å². The zero-order valence-corrected chi connectivity index (χ0v) is 13.9. The van der Waals surface area contributed by atoms with Crippen molar-refractivity contribution >= 4 is 11.6 Å². The lowest BCUT2D eigenvalue weighted by molar-refractivity contribution is -0.384. The minimum atomic E-state index is -0.376. The normalized spacial score (nSPS) is 16.5. The standard InChI is InChI=1S/C18H25N3O3/c19-18(22)16-10-13-20(14-11-16)12-4-2-1-3-5-15-6-8-17(9-7-15)21(23)24/h2,4,6-9,16H,1,3,5,10-14H2,(H2,19,22)/b4-2+. The second kappa shape index (κ2) is 9.17. The number of non-ortho nitro benzene ring substituents is 1. The van der Waals surface area contributed by atoms with Crippen molar-refractivity contribution in [1.29, 1.82) is 0 Å². The Morgan fingerprint density at radius 3 is 2.50 bits per heavy atom. The monoisotopic (exact) mass is 331 g/mol. The number of primary amides is 1. The molecule has 0 unspecified atom stereocenters. The van der Waals surface area contributed by atoms with E-state index in [0.717, 1.165) is 57.3 Å². The lowest BCUT2D eigenvalue weighted by atomic mass is 9.96. The van der Waals surface area contributed by atoms with E-state index < -0.39 is 0 Å². The minimum Gasteiger partial charge on any atom is -0.369 e. The molecule has 1 aromatic carbocycles. The molecule has 0 bridgehead atoms. The molecule has 24 heavy (non-hydrogen) atoms. The van der Waals surface area contributed by atoms with Crippen LogP contribution in [0.15, 0.2) is 36.4 Å². The van der Waals surface area contributed by atoms with Gasteiger partial charge in [-0.1, -0.05) is 24.3 Å². The number of nitrogens with two attached hydrogens (primary N) is 1. The van der Waals surface area contributed by atoms with Gasteiger partial charge in [-0.05, 0) is 50.8 Å². The topological polar surface area (TPSA) is 89.5 Å². The molecule has 130 valence electrons. The summed E-state index contributed by atoms with van der Waals surface area (Å²) < 4.78 is 0. The molecule has 1 aliphatic rings. The number of benzene rings is 1. The Hall–Kier alpha value is -2.21. The summed E-state index contributed by atoms with van der Waals surface area (Å²) >= 11 is 0. The predicted molar refractivity (Wildman–Crippen MR) is 93.5 cm³/mol. The number of carbonyl (C=O) groups excluding carboxylic acids is 1. The van der Waals surface area contributed by atoms with Crippen LogP contribution in [-0.4, -0.2) is 35.4 Å². The van der Waals surface area contributed by atoms with Crippen molar-refractivity contribution in [3.8, 4) is 0 Å². The SMILES string of the molecule is NC(=O)C1CCN(C/C=C/CCCc2ccc([N+](=O)[O-])cc2)CC1. The average Bonchev–Trinajstić information content (AvgIpc) is 2.58. The maximum atomic E-state index is 11.1. The molecule has 0 aliphatic carbocycles. The van der Waals surface area contributed by atoms with E-state index in [-0.39, 0.29) is 22.4 Å². The number of aryl methyl sites for hydroxylation is 1. The fraction of sp³-hybridized carbons (Fsp3) is 0.500. The third kappa shape index (κ3) is 5.77. The molecule has 1 heterocycles. The molecule has 0 spiro atoms. The van der Waals surface area contributed by atoms with Crippen LogP contribution in [0.5, 0.6) is 0 Å². The Kier molecular flexibility index (Phi) is 6.93. The Morgan fingerprint density at radius 2 is 1.92 bits per heavy atom. The molecule has 1 aromatic rings. The van der Waals surface area contributed by atoms with Crippen LogP contribution < -0.4 is 5.73 Å². The van der Waals surface area contributed by atoms with Gasteiger partial charge in [0.2, 0.25) is 5.91 Å². The Morgan fingerprint density at radius 1 is 1.25 bits per heavy atom. The highest BCUT2D eigenvalue weighted by Crippen LogP contribution is 2.16. The van der Waals surface area contributed by atoms with E-state index in [9.17, 15) is 14.9 Å². The largest absolute Gasteiger partial charge is 0.369 e. The fourth-order valence-electron chi connectivity index (χ4n) is 2.95. The number of hydrogen-bond donors (Lipinski definition) is 1. The van der Waals surface area contributed by atoms with Crippen LogP contribution in [0.2, 0.25) is 0 Å². The number of nitro groups is 1. The van der Waals surface area contributed by atoms with E-state index in [2.05, 4.69) is 17.1 Å². The molecule has 0 aromatic heterocycles. The third-order valence-electron chi connectivity index (χ3n) is 4.50. The first-order valence-electron chi connectivity index (χ1n) is 8.46. The molecule has 6 nitrogen and oxygen atoms in total. The van der Waals surface area contributed by atoms with Crippen LogP contribution in [0.3, 0.4) is 0 Å². The summed E-state index contributed by atoms with van der Waals surface area (Å²) in [7, 11) is 0. The van der Waals surface area contributed by atoms with E-state index in [1.807, 2.05) is 12.1 Å². The maximum absolute atomic E-state index is 11.1. The highest BCUT2D eigenvalue weighted by Gasteiger charge is 2.21. The van der Waals surface area contributed by atoms with Crippen LogP contribution in [-0.2, 0) is 11.2 Å². The predicted octanol–water partition coefficient (Wildman–Crippen LogP) is 2.67. The summed E-state index contributed by atoms with van der Waals surface area (Å²) in [6, 6.07) is 6.76. The van der Waals surface area contributed by atoms with Crippen molar-refractivity contribution in [1.82, 2.24) is 4.90 Å². The van der Waals surface area contributed by atoms with Crippen LogP contribution in [0.1, 0.15) is 31.2 Å². The van der Waals surface area contributed by atoms with Gasteiger partial charge in [-0.3, -0.25) is 19.8 Å². The van der Waals surface area contributed by atoms with Crippen molar-refractivity contribution in [3.63, 3.8) is 0 Å². The maximum Gasteiger partial charge on any atom is 0.269 e. The lowest BCUT2D eigenvalue weighted by Gasteiger charge is -2.29. The van der Waals surface area contributed by atoms with Crippen LogP contribution >= 0.6 is 0 Å². The first-order chi connectivity index (χ1) is 11.6. The molecule has 2 N–H and O–H groups in total. The van der Waals surface area contributed by atoms with Crippen molar-refractivity contribution in [3.05, 3.63) is 52.1 Å². The van der Waals surface area contributed by atoms with E-state index >= 15 is 0 Å². The molecule has 0 atom stereocenters. The summed E-state index contributed by atoms with van der Waals surface area (Å²) in [6.07, 6.45) is 9.04. The average molecular weight is 331 g/mol. The van der Waals surface area contributed by atoms with Gasteiger partial charge in [-0.25, -0.2) is 0 Å². The van der Waals surface area contributed by atoms with Gasteiger partial charge in [0, 0.05) is 24.6 Å². The first-order valence-corrected chi connectivity index (χ1v) is 8.46. The highest BCUT2D eigenvalue weighted by molar-refractivity contribution is 5.76. The third-order valence-corrected chi connectivity index (χ3v) is 4.50. The summed E-state index contributed by atoms with van der Waals surface area (Å²) in [5, 5.41) is 10.6. The molecule has 6 heteroatoms. The molecule has 1 aliphatic heterocycles. The van der Waals surface area contributed by atoms with Gasteiger partial charge in [-0.15, -0.1) is 0 Å². The van der Waals surface area contributed by atoms with Crippen molar-refractivity contribution < 1.29 is 9.72 Å². The van der Waals surface area contributed by atoms with E-state index in [1.165, 1.54) is 0 Å². The molecule has 1 fully saturated rings. The number of carbonyl (C=O) groups is 1. The summed E-state index contributed by atoms with van der Waals surface area (Å²) in [4.78, 5) is 23.7. The van der Waals surface area contributed by atoms with Gasteiger partial charge >= 0.3 is 0 Å². The molecule has 2 rings (SSSR count). The van der Waals surface area contributed by atoms with E-state index in [0.29, 0.717) is 0 Å². The second-order valence-electron chi connectivity index (χ2n) is 6.26. The molecule has 0 radical (unpaired) electrons. The molecular weight excluding hydrogens is 306 g/mol. The van der Waals surface area contributed by atoms with Crippen molar-refractivity contribution in [2.45, 2.75) is 32.1 Å². The zero-order chi connectivity index (χ0) is 17.4. The first kappa shape index (κ1) is 18.1. The summed E-state index contributed by atoms with van der Waals surface area (Å²) in [6.45, 7) is 2.78. The van der Waals surface area contributed by atoms with Crippen LogP contribution in [0.25, 0.3) is 0 Å². The Balaban J connectivity index is 1.60. The van der Waals surface area contributed by atoms with Gasteiger partial charge in [0.25, 0.3) is 5.69 Å². The second-order valence-corrected chi connectivity index (χ2v) is 6.26. The van der Waals surface area contributed by atoms with Crippen LogP contribution in [0.4, 0.5) is 5.69 Å². The van der Waals surface area contributed by atoms with Gasteiger partial charge in [-0.2, -0.15) is 0 Å². The number of likely N-dealkylation sites (tertiary alicyclic amines) is 1. The van der Waals surface area contributed by atoms with E-state index in [1.54, 1.807) is 12.1 Å². The molecule has 1 amide bonds. The smallest absolute Gasteiger partial charge is 0.269 e. The summed E-state index contributed by atoms with van der Waals surface area (Å²) in [5.41, 5.74) is 6.60. The molecule has 1 saturated heterocycles. The van der Waals surface area contributed by atoms with Crippen molar-refractivity contribution in [2.75, 3.05) is 19.6 Å². The number of rotatable bonds is 8. The van der Waals surface area contributed by atoms with Gasteiger partial charge < -0.3 is 5.73 Å². The van der Waals surface area contributed by atoms with Gasteiger partial charge in [0.15, 0.2) is 0 Å². The Labute approximate surface area is 142 Å². The quantitative estimate of drug-likeness (QED) is 0.343. The summed E-state index contributed by atoms with van der Waals surface area (Å²) in [5.74, 6) is -0.122. The zero-order valence-electron chi connectivity index (χ0n) is 13.9. The lowest BCUT2D eigenvalue weighted by Crippen LogP contribution is -2.38. The number of allylic oxidation sites excluding steroid dienone is 1. The molecule has 0 saturated carbocycles.